The van der Waals surface area contributed by atoms with Gasteiger partial charge in [0, 0.05) is 24.1 Å². The van der Waals surface area contributed by atoms with E-state index in [1.165, 1.54) is 5.56 Å². The summed E-state index contributed by atoms with van der Waals surface area (Å²) in [6.07, 6.45) is 3.20. The molecule has 0 saturated carbocycles. The van der Waals surface area contributed by atoms with Crippen LogP contribution >= 0.6 is 0 Å². The molecule has 1 atom stereocenters. The molecule has 2 aromatic rings. The lowest BCUT2D eigenvalue weighted by Crippen LogP contribution is -2.47. The molecule has 21 heavy (non-hydrogen) atoms. The van der Waals surface area contributed by atoms with Gasteiger partial charge in [0.05, 0.1) is 18.6 Å². The van der Waals surface area contributed by atoms with Gasteiger partial charge in [0.1, 0.15) is 0 Å². The zero-order valence-corrected chi connectivity index (χ0v) is 12.6. The van der Waals surface area contributed by atoms with Gasteiger partial charge in [-0.25, -0.2) is 4.98 Å². The number of aromatic nitrogens is 2. The van der Waals surface area contributed by atoms with Crippen LogP contribution in [0.25, 0.3) is 0 Å². The lowest BCUT2D eigenvalue weighted by Gasteiger charge is -2.40. The number of piperidine rings is 1. The number of H-pyrrole nitrogens is 1. The van der Waals surface area contributed by atoms with E-state index in [2.05, 4.69) is 41.2 Å². The lowest BCUT2D eigenvalue weighted by atomic mass is 9.75. The second kappa shape index (κ2) is 5.35. The third-order valence-electron chi connectivity index (χ3n) is 4.53. The van der Waals surface area contributed by atoms with E-state index in [1.54, 1.807) is 6.33 Å². The molecular weight excluding hydrogens is 262 g/mol. The van der Waals surface area contributed by atoms with Crippen molar-refractivity contribution in [3.8, 4) is 0 Å². The largest absolute Gasteiger partial charge is 0.348 e. The van der Waals surface area contributed by atoms with Crippen molar-refractivity contribution < 1.29 is 4.79 Å². The molecule has 0 spiro atoms. The highest BCUT2D eigenvalue weighted by molar-refractivity contribution is 5.77. The average molecular weight is 283 g/mol. The van der Waals surface area contributed by atoms with Crippen molar-refractivity contribution in [2.75, 3.05) is 6.54 Å². The van der Waals surface area contributed by atoms with E-state index in [0.29, 0.717) is 13.0 Å². The number of imidazole rings is 1. The Hall–Kier alpha value is -2.10. The summed E-state index contributed by atoms with van der Waals surface area (Å²) >= 11 is 0. The predicted octanol–water partition coefficient (Wildman–Crippen LogP) is 2.80. The topological polar surface area (TPSA) is 49.0 Å². The number of aryl methyl sites for hydroxylation is 1. The van der Waals surface area contributed by atoms with Crippen molar-refractivity contribution in [1.29, 1.82) is 0 Å². The normalized spacial score (nSPS) is 22.6. The molecule has 1 fully saturated rings. The van der Waals surface area contributed by atoms with Crippen LogP contribution in [0.15, 0.2) is 36.7 Å². The fourth-order valence-electron chi connectivity index (χ4n) is 3.08. The SMILES string of the molecule is Cc1[nH]cnc1CN1CC(C)(c2ccccc2)CCC1=O. The van der Waals surface area contributed by atoms with Crippen LogP contribution in [-0.4, -0.2) is 27.3 Å². The smallest absolute Gasteiger partial charge is 0.222 e. The summed E-state index contributed by atoms with van der Waals surface area (Å²) in [5.74, 6) is 0.228. The number of hydrogen-bond donors (Lipinski definition) is 1. The van der Waals surface area contributed by atoms with Crippen molar-refractivity contribution >= 4 is 5.91 Å². The molecule has 0 bridgehead atoms. The van der Waals surface area contributed by atoms with E-state index >= 15 is 0 Å². The van der Waals surface area contributed by atoms with Gasteiger partial charge in [0.2, 0.25) is 5.91 Å². The molecule has 1 aromatic heterocycles. The van der Waals surface area contributed by atoms with E-state index in [-0.39, 0.29) is 11.3 Å². The minimum absolute atomic E-state index is 0.0272. The van der Waals surface area contributed by atoms with E-state index in [0.717, 1.165) is 24.4 Å². The maximum Gasteiger partial charge on any atom is 0.222 e. The predicted molar refractivity (Wildman–Crippen MR) is 81.8 cm³/mol. The Balaban J connectivity index is 1.82. The molecule has 1 N–H and O–H groups in total. The van der Waals surface area contributed by atoms with Gasteiger partial charge in [-0.15, -0.1) is 0 Å². The molecule has 0 aliphatic carbocycles. The summed E-state index contributed by atoms with van der Waals surface area (Å²) in [5, 5.41) is 0. The van der Waals surface area contributed by atoms with Crippen LogP contribution in [0.2, 0.25) is 0 Å². The number of nitrogens with zero attached hydrogens (tertiary/aromatic N) is 2. The number of carbonyl (C=O) groups is 1. The highest BCUT2D eigenvalue weighted by Crippen LogP contribution is 2.34. The molecule has 1 aliphatic rings. The van der Waals surface area contributed by atoms with Crippen molar-refractivity contribution in [1.82, 2.24) is 14.9 Å². The molecule has 0 radical (unpaired) electrons. The van der Waals surface area contributed by atoms with E-state index in [1.807, 2.05) is 17.9 Å². The molecule has 1 aromatic carbocycles. The molecule has 4 nitrogen and oxygen atoms in total. The van der Waals surface area contributed by atoms with Crippen LogP contribution in [0.3, 0.4) is 0 Å². The highest BCUT2D eigenvalue weighted by Gasteiger charge is 2.36. The summed E-state index contributed by atoms with van der Waals surface area (Å²) in [7, 11) is 0. The summed E-state index contributed by atoms with van der Waals surface area (Å²) in [6.45, 7) is 5.59. The van der Waals surface area contributed by atoms with Crippen LogP contribution < -0.4 is 0 Å². The van der Waals surface area contributed by atoms with E-state index in [9.17, 15) is 4.79 Å². The summed E-state index contributed by atoms with van der Waals surface area (Å²) in [4.78, 5) is 21.6. The first-order valence-electron chi connectivity index (χ1n) is 7.41. The molecule has 3 rings (SSSR count). The zero-order valence-electron chi connectivity index (χ0n) is 12.6. The van der Waals surface area contributed by atoms with Gasteiger partial charge in [0.25, 0.3) is 0 Å². The number of aromatic amines is 1. The van der Waals surface area contributed by atoms with Gasteiger partial charge in [0.15, 0.2) is 0 Å². The highest BCUT2D eigenvalue weighted by atomic mass is 16.2. The van der Waals surface area contributed by atoms with Gasteiger partial charge in [-0.3, -0.25) is 4.79 Å². The van der Waals surface area contributed by atoms with Gasteiger partial charge in [-0.2, -0.15) is 0 Å². The monoisotopic (exact) mass is 283 g/mol. The number of hydrogen-bond acceptors (Lipinski definition) is 2. The van der Waals surface area contributed by atoms with Crippen molar-refractivity contribution in [3.05, 3.63) is 53.6 Å². The minimum Gasteiger partial charge on any atom is -0.348 e. The van der Waals surface area contributed by atoms with Crippen LogP contribution in [0, 0.1) is 6.92 Å². The summed E-state index contributed by atoms with van der Waals surface area (Å²) in [5.41, 5.74) is 3.33. The standard InChI is InChI=1S/C17H21N3O/c1-13-15(19-12-18-13)10-20-11-17(2,9-8-16(20)21)14-6-4-3-5-7-14/h3-7,12H,8-11H2,1-2H3,(H,18,19). The molecular formula is C17H21N3O. The Morgan fingerprint density at radius 2 is 2.10 bits per heavy atom. The molecule has 1 unspecified atom stereocenters. The second-order valence-electron chi connectivity index (χ2n) is 6.15. The van der Waals surface area contributed by atoms with Crippen LogP contribution in [0.1, 0.15) is 36.7 Å². The molecule has 4 heteroatoms. The molecule has 1 saturated heterocycles. The summed E-state index contributed by atoms with van der Waals surface area (Å²) in [6, 6.07) is 10.5. The van der Waals surface area contributed by atoms with Gasteiger partial charge in [-0.05, 0) is 18.9 Å². The maximum absolute atomic E-state index is 12.2. The number of nitrogens with one attached hydrogen (secondary N) is 1. The first kappa shape index (κ1) is 13.9. The molecule has 110 valence electrons. The van der Waals surface area contributed by atoms with Gasteiger partial charge >= 0.3 is 0 Å². The quantitative estimate of drug-likeness (QED) is 0.941. The van der Waals surface area contributed by atoms with Gasteiger partial charge in [-0.1, -0.05) is 37.3 Å². The van der Waals surface area contributed by atoms with Crippen LogP contribution in [-0.2, 0) is 16.8 Å². The number of benzene rings is 1. The van der Waals surface area contributed by atoms with Crippen molar-refractivity contribution in [2.24, 2.45) is 0 Å². The number of amides is 1. The molecule has 1 amide bonds. The third-order valence-corrected chi connectivity index (χ3v) is 4.53. The number of likely N-dealkylation sites (tertiary alicyclic amines) is 1. The number of carbonyl (C=O) groups excluding carboxylic acids is 1. The Morgan fingerprint density at radius 3 is 2.76 bits per heavy atom. The average Bonchev–Trinajstić information content (AvgIpc) is 2.89. The summed E-state index contributed by atoms with van der Waals surface area (Å²) < 4.78 is 0. The second-order valence-corrected chi connectivity index (χ2v) is 6.15. The van der Waals surface area contributed by atoms with Gasteiger partial charge < -0.3 is 9.88 Å². The van der Waals surface area contributed by atoms with Crippen LogP contribution in [0.5, 0.6) is 0 Å². The third kappa shape index (κ3) is 2.71. The maximum atomic E-state index is 12.2. The van der Waals surface area contributed by atoms with E-state index < -0.39 is 0 Å². The Morgan fingerprint density at radius 1 is 1.33 bits per heavy atom. The first-order valence-corrected chi connectivity index (χ1v) is 7.41. The Bertz CT molecular complexity index is 634. The number of rotatable bonds is 3. The fraction of sp³-hybridized carbons (Fsp3) is 0.412. The molecule has 1 aliphatic heterocycles. The van der Waals surface area contributed by atoms with E-state index in [4.69, 9.17) is 0 Å². The van der Waals surface area contributed by atoms with Crippen molar-refractivity contribution in [3.63, 3.8) is 0 Å². The Kier molecular flexibility index (Phi) is 3.53. The lowest BCUT2D eigenvalue weighted by molar-refractivity contribution is -0.136. The zero-order chi connectivity index (χ0) is 14.9. The van der Waals surface area contributed by atoms with Crippen LogP contribution in [0.4, 0.5) is 0 Å². The molecule has 2 heterocycles. The minimum atomic E-state index is 0.0272. The first-order chi connectivity index (χ1) is 10.1. The Labute approximate surface area is 125 Å². The fourth-order valence-corrected chi connectivity index (χ4v) is 3.08. The van der Waals surface area contributed by atoms with Crippen molar-refractivity contribution in [2.45, 2.75) is 38.6 Å².